The Kier molecular flexibility index (Phi) is 9.82. The minimum Gasteiger partial charge on any atom is -0.461 e. The van der Waals surface area contributed by atoms with Crippen LogP contribution in [-0.2, 0) is 26.1 Å². The van der Waals surface area contributed by atoms with Crippen LogP contribution in [0.2, 0.25) is 0 Å². The second kappa shape index (κ2) is 13.9. The number of rotatable bonds is 10. The van der Waals surface area contributed by atoms with Crippen LogP contribution in [0.5, 0.6) is 0 Å². The summed E-state index contributed by atoms with van der Waals surface area (Å²) in [4.78, 5) is 18.7. The molecule has 8 heteroatoms. The molecule has 204 valence electrons. The summed E-state index contributed by atoms with van der Waals surface area (Å²) in [7, 11) is -1.11. The van der Waals surface area contributed by atoms with Crippen LogP contribution in [0.4, 0.5) is 0 Å². The van der Waals surface area contributed by atoms with Gasteiger partial charge in [0.15, 0.2) is 0 Å². The van der Waals surface area contributed by atoms with E-state index in [0.29, 0.717) is 22.1 Å². The van der Waals surface area contributed by atoms with Gasteiger partial charge in [-0.2, -0.15) is 5.26 Å². The van der Waals surface area contributed by atoms with Gasteiger partial charge in [0, 0.05) is 27.9 Å². The summed E-state index contributed by atoms with van der Waals surface area (Å²) in [5.74, 6) is 0.618. The van der Waals surface area contributed by atoms with Crippen molar-refractivity contribution in [2.45, 2.75) is 54.2 Å². The van der Waals surface area contributed by atoms with Gasteiger partial charge in [0.25, 0.3) is 0 Å². The van der Waals surface area contributed by atoms with Crippen molar-refractivity contribution in [3.8, 4) is 27.8 Å². The zero-order valence-electron chi connectivity index (χ0n) is 22.0. The highest BCUT2D eigenvalue weighted by Crippen LogP contribution is 2.36. The number of hydrogen-bond donors (Lipinski definition) is 0. The molecule has 1 aliphatic carbocycles. The SMILES string of the molecule is N#Cc1c(-c2ccccc2)cc(-c2cccs2)nc1SCCC(=O)O[C@H]1CCCC[C@@H]1[S@](=O)Cc1ccccc1. The van der Waals surface area contributed by atoms with Crippen LogP contribution in [0.15, 0.2) is 89.3 Å². The van der Waals surface area contributed by atoms with Crippen molar-refractivity contribution in [3.05, 3.63) is 95.4 Å². The Morgan fingerprint density at radius 3 is 2.52 bits per heavy atom. The Labute approximate surface area is 246 Å². The van der Waals surface area contributed by atoms with Crippen molar-refractivity contribution in [2.75, 3.05) is 5.75 Å². The molecule has 1 saturated carbocycles. The molecule has 0 bridgehead atoms. The Bertz CT molecular complexity index is 1490. The molecule has 40 heavy (non-hydrogen) atoms. The average Bonchev–Trinajstić information content (AvgIpc) is 3.53. The van der Waals surface area contributed by atoms with Gasteiger partial charge in [0.2, 0.25) is 0 Å². The van der Waals surface area contributed by atoms with Crippen LogP contribution in [0.25, 0.3) is 21.7 Å². The molecule has 3 atom stereocenters. The Balaban J connectivity index is 1.26. The van der Waals surface area contributed by atoms with Gasteiger partial charge in [0.05, 0.1) is 27.8 Å². The lowest BCUT2D eigenvalue weighted by atomic mass is 9.97. The van der Waals surface area contributed by atoms with Gasteiger partial charge < -0.3 is 4.74 Å². The lowest BCUT2D eigenvalue weighted by molar-refractivity contribution is -0.149. The summed E-state index contributed by atoms with van der Waals surface area (Å²) in [6, 6.07) is 28.0. The standard InChI is InChI=1S/C32H30N2O3S3/c33-21-26-25(24-12-5-2-6-13-24)20-27(29-15-9-18-38-29)34-32(26)39-19-17-31(35)37-28-14-7-8-16-30(28)40(36)22-23-10-3-1-4-11-23/h1-6,9-13,15,18,20,28,30H,7-8,14,16-17,19,22H2/t28-,30-,40+/m0/s1. The third kappa shape index (κ3) is 7.08. The molecule has 1 fully saturated rings. The molecule has 0 radical (unpaired) electrons. The van der Waals surface area contributed by atoms with Gasteiger partial charge >= 0.3 is 5.97 Å². The topological polar surface area (TPSA) is 80.1 Å². The molecule has 2 aromatic heterocycles. The molecule has 4 aromatic rings. The highest BCUT2D eigenvalue weighted by Gasteiger charge is 2.32. The minimum absolute atomic E-state index is 0.145. The Morgan fingerprint density at radius 1 is 1.05 bits per heavy atom. The van der Waals surface area contributed by atoms with Crippen LogP contribution >= 0.6 is 23.1 Å². The normalized spacial score (nSPS) is 17.6. The van der Waals surface area contributed by atoms with Crippen molar-refractivity contribution in [3.63, 3.8) is 0 Å². The highest BCUT2D eigenvalue weighted by atomic mass is 32.2. The van der Waals surface area contributed by atoms with Gasteiger partial charge in [-0.15, -0.1) is 23.1 Å². The van der Waals surface area contributed by atoms with E-state index in [2.05, 4.69) is 6.07 Å². The molecule has 0 aliphatic heterocycles. The third-order valence-corrected chi connectivity index (χ3v) is 10.6. The Morgan fingerprint density at radius 2 is 1.80 bits per heavy atom. The van der Waals surface area contributed by atoms with E-state index in [4.69, 9.17) is 9.72 Å². The second-order valence-electron chi connectivity index (χ2n) is 9.65. The number of carbonyl (C=O) groups excluding carboxylic acids is 1. The smallest absolute Gasteiger partial charge is 0.306 e. The molecule has 0 unspecified atom stereocenters. The van der Waals surface area contributed by atoms with Crippen LogP contribution < -0.4 is 0 Å². The molecular weight excluding hydrogens is 557 g/mol. The van der Waals surface area contributed by atoms with E-state index in [-0.39, 0.29) is 23.7 Å². The number of hydrogen-bond acceptors (Lipinski definition) is 7. The zero-order chi connectivity index (χ0) is 27.7. The molecule has 0 saturated heterocycles. The van der Waals surface area contributed by atoms with E-state index in [1.165, 1.54) is 11.8 Å². The minimum atomic E-state index is -1.11. The number of thioether (sulfide) groups is 1. The summed E-state index contributed by atoms with van der Waals surface area (Å²) in [6.07, 6.45) is 3.39. The quantitative estimate of drug-likeness (QED) is 0.140. The van der Waals surface area contributed by atoms with Crippen molar-refractivity contribution in [2.24, 2.45) is 0 Å². The van der Waals surface area contributed by atoms with Crippen LogP contribution in [-0.4, -0.2) is 32.3 Å². The average molecular weight is 587 g/mol. The Hall–Kier alpha value is -3.25. The monoisotopic (exact) mass is 586 g/mol. The fourth-order valence-electron chi connectivity index (χ4n) is 4.93. The maximum Gasteiger partial charge on any atom is 0.306 e. The second-order valence-corrected chi connectivity index (χ2v) is 13.3. The summed E-state index contributed by atoms with van der Waals surface area (Å²) in [5.41, 5.74) is 4.13. The van der Waals surface area contributed by atoms with Crippen molar-refractivity contribution >= 4 is 39.9 Å². The fraction of sp³-hybridized carbons (Fsp3) is 0.281. The number of nitriles is 1. The van der Waals surface area contributed by atoms with Gasteiger partial charge in [-0.05, 0) is 47.9 Å². The first-order chi connectivity index (χ1) is 19.6. The van der Waals surface area contributed by atoms with Gasteiger partial charge in [-0.25, -0.2) is 4.98 Å². The summed E-state index contributed by atoms with van der Waals surface area (Å²) >= 11 is 3.00. The molecule has 0 N–H and O–H groups in total. The van der Waals surface area contributed by atoms with E-state index in [9.17, 15) is 14.3 Å². The summed E-state index contributed by atoms with van der Waals surface area (Å²) < 4.78 is 19.1. The molecule has 0 spiro atoms. The van der Waals surface area contributed by atoms with E-state index in [1.54, 1.807) is 11.3 Å². The van der Waals surface area contributed by atoms with Gasteiger partial charge in [-0.1, -0.05) is 73.2 Å². The predicted molar refractivity (Wildman–Crippen MR) is 163 cm³/mol. The van der Waals surface area contributed by atoms with Crippen molar-refractivity contribution in [1.29, 1.82) is 5.26 Å². The first-order valence-electron chi connectivity index (χ1n) is 13.4. The zero-order valence-corrected chi connectivity index (χ0v) is 24.5. The number of carbonyl (C=O) groups is 1. The van der Waals surface area contributed by atoms with Crippen LogP contribution in [0.3, 0.4) is 0 Å². The number of aromatic nitrogens is 1. The highest BCUT2D eigenvalue weighted by molar-refractivity contribution is 7.99. The molecule has 1 aliphatic rings. The maximum atomic E-state index is 13.2. The lowest BCUT2D eigenvalue weighted by Crippen LogP contribution is -2.38. The number of thiophene rings is 1. The van der Waals surface area contributed by atoms with Crippen LogP contribution in [0.1, 0.15) is 43.2 Å². The largest absolute Gasteiger partial charge is 0.461 e. The molecule has 2 aromatic carbocycles. The number of ether oxygens (including phenoxy) is 1. The van der Waals surface area contributed by atoms with E-state index in [1.807, 2.05) is 84.2 Å². The van der Waals surface area contributed by atoms with Crippen molar-refractivity contribution < 1.29 is 13.7 Å². The molecular formula is C32H30N2O3S3. The lowest BCUT2D eigenvalue weighted by Gasteiger charge is -2.30. The molecule has 5 nitrogen and oxygen atoms in total. The molecule has 5 rings (SSSR count). The van der Waals surface area contributed by atoms with E-state index < -0.39 is 10.8 Å². The first-order valence-corrected chi connectivity index (χ1v) is 16.6. The van der Waals surface area contributed by atoms with Gasteiger partial charge in [0.1, 0.15) is 17.2 Å². The number of nitrogens with zero attached hydrogens (tertiary/aromatic N) is 2. The molecule has 2 heterocycles. The summed E-state index contributed by atoms with van der Waals surface area (Å²) in [6.45, 7) is 0. The van der Waals surface area contributed by atoms with E-state index >= 15 is 0 Å². The number of esters is 1. The van der Waals surface area contributed by atoms with E-state index in [0.717, 1.165) is 52.9 Å². The molecule has 0 amide bonds. The number of benzene rings is 2. The third-order valence-electron chi connectivity index (χ3n) is 6.92. The van der Waals surface area contributed by atoms with Gasteiger partial charge in [-0.3, -0.25) is 9.00 Å². The predicted octanol–water partition coefficient (Wildman–Crippen LogP) is 7.63. The van der Waals surface area contributed by atoms with Crippen LogP contribution in [0, 0.1) is 11.3 Å². The first kappa shape index (κ1) is 28.3. The number of pyridine rings is 1. The fourth-order valence-corrected chi connectivity index (χ4v) is 8.24. The summed E-state index contributed by atoms with van der Waals surface area (Å²) in [5, 5.41) is 12.5. The maximum absolute atomic E-state index is 13.2. The van der Waals surface area contributed by atoms with Crippen molar-refractivity contribution in [1.82, 2.24) is 4.98 Å².